The fraction of sp³-hybridized carbons (Fsp3) is 0.545. The Labute approximate surface area is 84.9 Å². The number of hydrogen-bond acceptors (Lipinski definition) is 1. The van der Waals surface area contributed by atoms with Crippen LogP contribution in [0, 0.1) is 5.92 Å². The Morgan fingerprint density at radius 1 is 1.57 bits per heavy atom. The highest BCUT2D eigenvalue weighted by atomic mass is 16.1. The van der Waals surface area contributed by atoms with Gasteiger partial charge >= 0.3 is 0 Å². The van der Waals surface area contributed by atoms with Gasteiger partial charge in [-0.05, 0) is 24.0 Å². The van der Waals surface area contributed by atoms with Gasteiger partial charge in [0.15, 0.2) is 0 Å². The summed E-state index contributed by atoms with van der Waals surface area (Å²) >= 11 is 0. The second kappa shape index (κ2) is 5.47. The van der Waals surface area contributed by atoms with Crippen molar-refractivity contribution < 1.29 is 4.79 Å². The summed E-state index contributed by atoms with van der Waals surface area (Å²) in [5.74, 6) is 0.581. The molecule has 0 spiro atoms. The molecule has 0 fully saturated rings. The summed E-state index contributed by atoms with van der Waals surface area (Å²) in [6.45, 7) is 4.82. The van der Waals surface area contributed by atoms with Gasteiger partial charge in [-0.3, -0.25) is 4.79 Å². The fourth-order valence-electron chi connectivity index (χ4n) is 1.30. The Morgan fingerprint density at radius 2 is 2.36 bits per heavy atom. The van der Waals surface area contributed by atoms with Gasteiger partial charge in [-0.25, -0.2) is 0 Å². The highest BCUT2D eigenvalue weighted by Crippen LogP contribution is 1.99. The molecule has 0 unspecified atom stereocenters. The average molecular weight is 194 g/mol. The largest absolute Gasteiger partial charge is 0.367 e. The number of carbonyl (C=O) groups is 1. The van der Waals surface area contributed by atoms with Crippen molar-refractivity contribution in [3.63, 3.8) is 0 Å². The van der Waals surface area contributed by atoms with Crippen molar-refractivity contribution in [2.75, 3.05) is 6.54 Å². The summed E-state index contributed by atoms with van der Waals surface area (Å²) in [6, 6.07) is 2.02. The number of aromatic nitrogens is 1. The first-order valence-electron chi connectivity index (χ1n) is 5.07. The van der Waals surface area contributed by atoms with Gasteiger partial charge in [0.1, 0.15) is 0 Å². The number of carbonyl (C=O) groups excluding carboxylic acids is 1. The van der Waals surface area contributed by atoms with Crippen LogP contribution < -0.4 is 5.32 Å². The molecule has 0 aliphatic carbocycles. The van der Waals surface area contributed by atoms with Gasteiger partial charge in [0.05, 0.1) is 0 Å². The highest BCUT2D eigenvalue weighted by molar-refractivity contribution is 5.76. The van der Waals surface area contributed by atoms with Gasteiger partial charge in [-0.15, -0.1) is 0 Å². The lowest BCUT2D eigenvalue weighted by Crippen LogP contribution is -2.26. The second-order valence-electron chi connectivity index (χ2n) is 3.92. The lowest BCUT2D eigenvalue weighted by Gasteiger charge is -2.05. The molecular weight excluding hydrogens is 176 g/mol. The van der Waals surface area contributed by atoms with E-state index in [4.69, 9.17) is 0 Å². The first kappa shape index (κ1) is 10.8. The highest BCUT2D eigenvalue weighted by Gasteiger charge is 2.03. The third-order valence-electron chi connectivity index (χ3n) is 1.99. The Morgan fingerprint density at radius 3 is 2.93 bits per heavy atom. The predicted octanol–water partition coefficient (Wildman–Crippen LogP) is 1.72. The topological polar surface area (TPSA) is 44.9 Å². The summed E-state index contributed by atoms with van der Waals surface area (Å²) in [7, 11) is 0. The molecule has 78 valence electrons. The Kier molecular flexibility index (Phi) is 4.23. The van der Waals surface area contributed by atoms with Crippen molar-refractivity contribution in [3.8, 4) is 0 Å². The maximum Gasteiger partial charge on any atom is 0.220 e. The van der Waals surface area contributed by atoms with Crippen molar-refractivity contribution in [1.29, 1.82) is 0 Å². The van der Waals surface area contributed by atoms with Crippen molar-refractivity contribution in [2.45, 2.75) is 26.7 Å². The molecule has 2 N–H and O–H groups in total. The van der Waals surface area contributed by atoms with Crippen LogP contribution in [0.25, 0.3) is 0 Å². The molecule has 3 nitrogen and oxygen atoms in total. The van der Waals surface area contributed by atoms with E-state index in [0.717, 1.165) is 13.0 Å². The van der Waals surface area contributed by atoms with Crippen LogP contribution in [0.5, 0.6) is 0 Å². The Bertz CT molecular complexity index is 265. The number of hydrogen-bond donors (Lipinski definition) is 2. The van der Waals surface area contributed by atoms with Crippen molar-refractivity contribution in [2.24, 2.45) is 5.92 Å². The summed E-state index contributed by atoms with van der Waals surface area (Å²) < 4.78 is 0. The Balaban J connectivity index is 2.12. The zero-order chi connectivity index (χ0) is 10.4. The molecule has 3 heteroatoms. The molecule has 0 radical (unpaired) electrons. The fourth-order valence-corrected chi connectivity index (χ4v) is 1.30. The summed E-state index contributed by atoms with van der Waals surface area (Å²) in [5.41, 5.74) is 1.23. The van der Waals surface area contributed by atoms with Crippen LogP contribution >= 0.6 is 0 Å². The maximum absolute atomic E-state index is 11.3. The van der Waals surface area contributed by atoms with Gasteiger partial charge in [0.25, 0.3) is 0 Å². The zero-order valence-corrected chi connectivity index (χ0v) is 8.84. The normalized spacial score (nSPS) is 10.5. The van der Waals surface area contributed by atoms with E-state index in [9.17, 15) is 4.79 Å². The number of amides is 1. The molecule has 0 saturated heterocycles. The minimum absolute atomic E-state index is 0.149. The van der Waals surface area contributed by atoms with Crippen LogP contribution in [-0.2, 0) is 11.2 Å². The molecule has 1 aromatic heterocycles. The number of rotatable bonds is 5. The van der Waals surface area contributed by atoms with Gasteiger partial charge in [0, 0.05) is 25.4 Å². The quantitative estimate of drug-likeness (QED) is 0.736. The van der Waals surface area contributed by atoms with E-state index in [1.807, 2.05) is 32.3 Å². The minimum Gasteiger partial charge on any atom is -0.367 e. The van der Waals surface area contributed by atoms with Crippen molar-refractivity contribution >= 4 is 5.91 Å². The molecule has 14 heavy (non-hydrogen) atoms. The number of H-pyrrole nitrogens is 1. The molecule has 0 aromatic carbocycles. The lowest BCUT2D eigenvalue weighted by atomic mass is 10.1. The van der Waals surface area contributed by atoms with Crippen LogP contribution in [-0.4, -0.2) is 17.4 Å². The molecule has 0 aliphatic rings. The van der Waals surface area contributed by atoms with Crippen molar-refractivity contribution in [1.82, 2.24) is 10.3 Å². The second-order valence-corrected chi connectivity index (χ2v) is 3.92. The lowest BCUT2D eigenvalue weighted by molar-refractivity contribution is -0.121. The third-order valence-corrected chi connectivity index (χ3v) is 1.99. The van der Waals surface area contributed by atoms with Crippen LogP contribution in [0.2, 0.25) is 0 Å². The first-order chi connectivity index (χ1) is 6.68. The van der Waals surface area contributed by atoms with Gasteiger partial charge in [-0.1, -0.05) is 13.8 Å². The van der Waals surface area contributed by atoms with E-state index in [-0.39, 0.29) is 5.91 Å². The van der Waals surface area contributed by atoms with Crippen LogP contribution in [0.4, 0.5) is 0 Å². The molecule has 0 saturated carbocycles. The molecule has 1 heterocycles. The minimum atomic E-state index is 0.149. The maximum atomic E-state index is 11.3. The molecule has 0 atom stereocenters. The molecule has 1 amide bonds. The number of nitrogens with one attached hydrogen (secondary N) is 2. The summed E-state index contributed by atoms with van der Waals surface area (Å²) in [6.07, 6.45) is 5.36. The standard InChI is InChI=1S/C11H18N2O/c1-9(2)7-11(14)13-6-4-10-3-5-12-8-10/h3,5,8-9,12H,4,6-7H2,1-2H3,(H,13,14). The first-order valence-corrected chi connectivity index (χ1v) is 5.07. The molecule has 1 rings (SSSR count). The molecule has 1 aromatic rings. The predicted molar refractivity (Wildman–Crippen MR) is 57.0 cm³/mol. The van der Waals surface area contributed by atoms with E-state index >= 15 is 0 Å². The molecule has 0 aliphatic heterocycles. The Hall–Kier alpha value is -1.25. The van der Waals surface area contributed by atoms with E-state index in [1.165, 1.54) is 5.56 Å². The van der Waals surface area contributed by atoms with E-state index < -0.39 is 0 Å². The van der Waals surface area contributed by atoms with Crippen LogP contribution in [0.3, 0.4) is 0 Å². The van der Waals surface area contributed by atoms with Gasteiger partial charge in [0.2, 0.25) is 5.91 Å². The monoisotopic (exact) mass is 194 g/mol. The molecule has 0 bridgehead atoms. The smallest absolute Gasteiger partial charge is 0.220 e. The van der Waals surface area contributed by atoms with Gasteiger partial charge in [-0.2, -0.15) is 0 Å². The van der Waals surface area contributed by atoms with Crippen LogP contribution in [0.15, 0.2) is 18.5 Å². The number of aromatic amines is 1. The summed E-state index contributed by atoms with van der Waals surface area (Å²) in [4.78, 5) is 14.3. The van der Waals surface area contributed by atoms with Crippen LogP contribution in [0.1, 0.15) is 25.8 Å². The van der Waals surface area contributed by atoms with E-state index in [2.05, 4.69) is 10.3 Å². The summed E-state index contributed by atoms with van der Waals surface area (Å²) in [5, 5.41) is 2.90. The average Bonchev–Trinajstić information content (AvgIpc) is 2.55. The van der Waals surface area contributed by atoms with Crippen molar-refractivity contribution in [3.05, 3.63) is 24.0 Å². The van der Waals surface area contributed by atoms with E-state index in [1.54, 1.807) is 0 Å². The zero-order valence-electron chi connectivity index (χ0n) is 8.84. The molecular formula is C11H18N2O. The third kappa shape index (κ3) is 4.12. The van der Waals surface area contributed by atoms with Gasteiger partial charge < -0.3 is 10.3 Å². The van der Waals surface area contributed by atoms with E-state index in [0.29, 0.717) is 12.3 Å². The SMILES string of the molecule is CC(C)CC(=O)NCCc1cc[nH]c1.